The van der Waals surface area contributed by atoms with E-state index in [-0.39, 0.29) is 24.4 Å². The average molecular weight is 412 g/mol. The summed E-state index contributed by atoms with van der Waals surface area (Å²) in [7, 11) is 0. The van der Waals surface area contributed by atoms with Crippen molar-refractivity contribution in [3.05, 3.63) is 33.8 Å². The Morgan fingerprint density at radius 1 is 1.12 bits per heavy atom. The van der Waals surface area contributed by atoms with Crippen molar-refractivity contribution in [1.29, 1.82) is 0 Å². The highest BCUT2D eigenvalue weighted by molar-refractivity contribution is 9.10. The summed E-state index contributed by atoms with van der Waals surface area (Å²) >= 11 is 3.30. The van der Waals surface area contributed by atoms with Crippen LogP contribution in [0.4, 0.5) is 4.79 Å². The third-order valence-corrected chi connectivity index (χ3v) is 4.23. The number of rotatable bonds is 9. The van der Waals surface area contributed by atoms with Gasteiger partial charge in [0.25, 0.3) is 11.8 Å². The molecule has 0 aliphatic carbocycles. The highest BCUT2D eigenvalue weighted by Gasteiger charge is 2.34. The topological polar surface area (TPSA) is 87.7 Å². The quantitative estimate of drug-likeness (QED) is 0.481. The van der Waals surface area contributed by atoms with Crippen molar-refractivity contribution in [2.45, 2.75) is 19.8 Å². The zero-order chi connectivity index (χ0) is 18.2. The normalized spacial score (nSPS) is 13.1. The second kappa shape index (κ2) is 9.53. The average Bonchev–Trinajstić information content (AvgIpc) is 2.82. The largest absolute Gasteiger partial charge is 0.382 e. The summed E-state index contributed by atoms with van der Waals surface area (Å²) in [6.45, 7) is 4.41. The van der Waals surface area contributed by atoms with Gasteiger partial charge in [0.05, 0.1) is 11.1 Å². The van der Waals surface area contributed by atoms with Crippen LogP contribution in [0.5, 0.6) is 0 Å². The number of imide groups is 1. The van der Waals surface area contributed by atoms with Gasteiger partial charge in [-0.25, -0.2) is 4.79 Å². The molecule has 0 spiro atoms. The fourth-order valence-corrected chi connectivity index (χ4v) is 2.85. The molecule has 0 radical (unpaired) electrons. The van der Waals surface area contributed by atoms with Crippen LogP contribution in [0.25, 0.3) is 0 Å². The molecule has 0 saturated carbocycles. The van der Waals surface area contributed by atoms with Crippen molar-refractivity contribution in [2.24, 2.45) is 0 Å². The molecule has 136 valence electrons. The van der Waals surface area contributed by atoms with Gasteiger partial charge in [-0.15, -0.1) is 0 Å². The maximum absolute atomic E-state index is 12.3. The Labute approximate surface area is 155 Å². The summed E-state index contributed by atoms with van der Waals surface area (Å²) < 4.78 is 5.94. The molecule has 8 heteroatoms. The maximum atomic E-state index is 12.3. The lowest BCUT2D eigenvalue weighted by atomic mass is 10.1. The van der Waals surface area contributed by atoms with Crippen molar-refractivity contribution in [2.75, 3.05) is 32.8 Å². The molecular weight excluding hydrogens is 390 g/mol. The van der Waals surface area contributed by atoms with Gasteiger partial charge in [-0.05, 0) is 38.0 Å². The monoisotopic (exact) mass is 411 g/mol. The lowest BCUT2D eigenvalue weighted by Crippen LogP contribution is -2.38. The van der Waals surface area contributed by atoms with E-state index in [0.717, 1.165) is 10.9 Å². The zero-order valence-electron chi connectivity index (χ0n) is 14.1. The number of halogens is 1. The summed E-state index contributed by atoms with van der Waals surface area (Å²) in [4.78, 5) is 37.4. The molecule has 0 fully saturated rings. The van der Waals surface area contributed by atoms with E-state index in [1.807, 2.05) is 6.92 Å². The van der Waals surface area contributed by atoms with Crippen molar-refractivity contribution in [1.82, 2.24) is 15.5 Å². The number of carbonyl (C=O) groups excluding carboxylic acids is 3. The standard InChI is InChI=1S/C17H22BrN3O4/c1-2-25-10-4-8-20-17(24)19-7-3-9-21-15(22)13-6-5-12(18)11-14(13)16(21)23/h5-6,11H,2-4,7-10H2,1H3,(H2,19,20,24). The van der Waals surface area contributed by atoms with Crippen LogP contribution in [0.15, 0.2) is 22.7 Å². The molecular formula is C17H22BrN3O4. The van der Waals surface area contributed by atoms with Gasteiger partial charge >= 0.3 is 6.03 Å². The molecule has 1 aliphatic heterocycles. The molecule has 1 aromatic rings. The predicted molar refractivity (Wildman–Crippen MR) is 96.6 cm³/mol. The first-order valence-electron chi connectivity index (χ1n) is 8.29. The third kappa shape index (κ3) is 5.27. The first-order valence-corrected chi connectivity index (χ1v) is 9.09. The van der Waals surface area contributed by atoms with Crippen LogP contribution in [0.3, 0.4) is 0 Å². The Kier molecular flexibility index (Phi) is 7.39. The van der Waals surface area contributed by atoms with Crippen LogP contribution in [-0.4, -0.2) is 55.6 Å². The third-order valence-electron chi connectivity index (χ3n) is 3.73. The van der Waals surface area contributed by atoms with E-state index in [1.54, 1.807) is 18.2 Å². The predicted octanol–water partition coefficient (Wildman–Crippen LogP) is 2.16. The molecule has 2 rings (SSSR count). The minimum atomic E-state index is -0.290. The number of urea groups is 1. The molecule has 0 bridgehead atoms. The number of nitrogens with one attached hydrogen (secondary N) is 2. The fourth-order valence-electron chi connectivity index (χ4n) is 2.49. The summed E-state index contributed by atoms with van der Waals surface area (Å²) in [5.74, 6) is -0.574. The number of hydrogen-bond acceptors (Lipinski definition) is 4. The molecule has 0 atom stereocenters. The fraction of sp³-hybridized carbons (Fsp3) is 0.471. The van der Waals surface area contributed by atoms with E-state index in [0.29, 0.717) is 43.9 Å². The van der Waals surface area contributed by atoms with Gasteiger partial charge in [0.2, 0.25) is 0 Å². The minimum absolute atomic E-state index is 0.261. The van der Waals surface area contributed by atoms with E-state index in [4.69, 9.17) is 4.74 Å². The smallest absolute Gasteiger partial charge is 0.314 e. The molecule has 1 heterocycles. The van der Waals surface area contributed by atoms with Gasteiger partial charge in [-0.3, -0.25) is 14.5 Å². The first kappa shape index (κ1) is 19.4. The van der Waals surface area contributed by atoms with Crippen molar-refractivity contribution in [3.8, 4) is 0 Å². The number of nitrogens with zero attached hydrogens (tertiary/aromatic N) is 1. The van der Waals surface area contributed by atoms with Gasteiger partial charge in [0.15, 0.2) is 0 Å². The van der Waals surface area contributed by atoms with E-state index in [1.165, 1.54) is 4.90 Å². The van der Waals surface area contributed by atoms with Crippen LogP contribution < -0.4 is 10.6 Å². The van der Waals surface area contributed by atoms with Gasteiger partial charge in [-0.1, -0.05) is 15.9 Å². The number of fused-ring (bicyclic) bond motifs is 1. The second-order valence-electron chi connectivity index (χ2n) is 5.54. The van der Waals surface area contributed by atoms with E-state index < -0.39 is 0 Å². The van der Waals surface area contributed by atoms with Gasteiger partial charge in [0, 0.05) is 37.3 Å². The van der Waals surface area contributed by atoms with Crippen LogP contribution in [0.1, 0.15) is 40.5 Å². The number of ether oxygens (including phenoxy) is 1. The first-order chi connectivity index (χ1) is 12.0. The van der Waals surface area contributed by atoms with E-state index in [2.05, 4.69) is 26.6 Å². The van der Waals surface area contributed by atoms with Crippen LogP contribution in [-0.2, 0) is 4.74 Å². The molecule has 0 aromatic heterocycles. The number of carbonyl (C=O) groups is 3. The zero-order valence-corrected chi connectivity index (χ0v) is 15.7. The highest BCUT2D eigenvalue weighted by atomic mass is 79.9. The van der Waals surface area contributed by atoms with Crippen LogP contribution in [0, 0.1) is 0 Å². The SMILES string of the molecule is CCOCCCNC(=O)NCCCN1C(=O)c2ccc(Br)cc2C1=O. The molecule has 2 N–H and O–H groups in total. The highest BCUT2D eigenvalue weighted by Crippen LogP contribution is 2.25. The molecule has 1 aliphatic rings. The van der Waals surface area contributed by atoms with Gasteiger partial charge in [-0.2, -0.15) is 0 Å². The summed E-state index contributed by atoms with van der Waals surface area (Å²) in [6, 6.07) is 4.78. The van der Waals surface area contributed by atoms with Crippen LogP contribution in [0.2, 0.25) is 0 Å². The number of amides is 4. The lowest BCUT2D eigenvalue weighted by Gasteiger charge is -2.14. The Morgan fingerprint density at radius 3 is 2.52 bits per heavy atom. The molecule has 25 heavy (non-hydrogen) atoms. The van der Waals surface area contributed by atoms with Crippen LogP contribution >= 0.6 is 15.9 Å². The summed E-state index contributed by atoms with van der Waals surface area (Å²) in [5, 5.41) is 5.44. The maximum Gasteiger partial charge on any atom is 0.314 e. The van der Waals surface area contributed by atoms with Crippen molar-refractivity contribution >= 4 is 33.8 Å². The Morgan fingerprint density at radius 2 is 1.80 bits per heavy atom. The summed E-state index contributed by atoms with van der Waals surface area (Å²) in [5.41, 5.74) is 0.840. The Balaban J connectivity index is 1.68. The molecule has 7 nitrogen and oxygen atoms in total. The molecule has 4 amide bonds. The molecule has 0 saturated heterocycles. The Hall–Kier alpha value is -1.93. The Bertz CT molecular complexity index is 651. The molecule has 1 aromatic carbocycles. The van der Waals surface area contributed by atoms with Gasteiger partial charge < -0.3 is 15.4 Å². The van der Waals surface area contributed by atoms with Crippen molar-refractivity contribution < 1.29 is 19.1 Å². The second-order valence-corrected chi connectivity index (χ2v) is 6.45. The van der Waals surface area contributed by atoms with Gasteiger partial charge in [0.1, 0.15) is 0 Å². The van der Waals surface area contributed by atoms with E-state index >= 15 is 0 Å². The van der Waals surface area contributed by atoms with E-state index in [9.17, 15) is 14.4 Å². The lowest BCUT2D eigenvalue weighted by molar-refractivity contribution is 0.0653. The molecule has 0 unspecified atom stereocenters. The number of benzene rings is 1. The summed E-state index contributed by atoms with van der Waals surface area (Å²) in [6.07, 6.45) is 1.25. The van der Waals surface area contributed by atoms with Crippen molar-refractivity contribution in [3.63, 3.8) is 0 Å². The number of hydrogen-bond donors (Lipinski definition) is 2. The minimum Gasteiger partial charge on any atom is -0.382 e.